The molecule has 6 bridgehead atoms. The highest BCUT2D eigenvalue weighted by Gasteiger charge is 2.67. The summed E-state index contributed by atoms with van der Waals surface area (Å²) in [7, 11) is 0. The average Bonchev–Trinajstić information content (AvgIpc) is 3.02. The number of fused-ring (bicyclic) bond motifs is 3. The molecule has 0 radical (unpaired) electrons. The standard InChI is InChI=1S/C18H26O2/c1-4-18(20-17(19)10(2)3)9-14-13-8-15(18)16(14)12-6-5-11(13)7-12/h11-16H,2,4-9H2,1,3H3. The summed E-state index contributed by atoms with van der Waals surface area (Å²) < 4.78 is 6.02. The molecule has 0 heterocycles. The second kappa shape index (κ2) is 4.11. The van der Waals surface area contributed by atoms with Gasteiger partial charge in [-0.25, -0.2) is 4.79 Å². The molecule has 2 nitrogen and oxygen atoms in total. The van der Waals surface area contributed by atoms with Gasteiger partial charge in [-0.15, -0.1) is 0 Å². The van der Waals surface area contributed by atoms with Crippen molar-refractivity contribution in [2.45, 2.75) is 58.0 Å². The number of esters is 1. The van der Waals surface area contributed by atoms with Crippen LogP contribution in [0.25, 0.3) is 0 Å². The molecule has 4 fully saturated rings. The quantitative estimate of drug-likeness (QED) is 0.575. The maximum atomic E-state index is 12.1. The van der Waals surface area contributed by atoms with Crippen LogP contribution in [0.15, 0.2) is 12.2 Å². The molecule has 0 N–H and O–H groups in total. The van der Waals surface area contributed by atoms with Crippen LogP contribution in [-0.4, -0.2) is 11.6 Å². The summed E-state index contributed by atoms with van der Waals surface area (Å²) in [6, 6.07) is 0. The minimum Gasteiger partial charge on any atom is -0.455 e. The number of hydrogen-bond acceptors (Lipinski definition) is 2. The molecule has 7 atom stereocenters. The third-order valence-electron chi connectivity index (χ3n) is 7.20. The van der Waals surface area contributed by atoms with E-state index in [4.69, 9.17) is 4.74 Å². The molecule has 0 amide bonds. The van der Waals surface area contributed by atoms with Crippen LogP contribution in [0.2, 0.25) is 0 Å². The van der Waals surface area contributed by atoms with Gasteiger partial charge in [0.2, 0.25) is 0 Å². The first-order valence-corrected chi connectivity index (χ1v) is 8.44. The van der Waals surface area contributed by atoms with Crippen molar-refractivity contribution in [3.63, 3.8) is 0 Å². The third kappa shape index (κ3) is 1.48. The maximum absolute atomic E-state index is 12.1. The van der Waals surface area contributed by atoms with Crippen LogP contribution in [0.4, 0.5) is 0 Å². The number of carbonyl (C=O) groups excluding carboxylic acids is 1. The lowest BCUT2D eigenvalue weighted by atomic mass is 9.70. The lowest BCUT2D eigenvalue weighted by Gasteiger charge is -2.40. The van der Waals surface area contributed by atoms with E-state index in [2.05, 4.69) is 13.5 Å². The van der Waals surface area contributed by atoms with Gasteiger partial charge in [0.25, 0.3) is 0 Å². The van der Waals surface area contributed by atoms with Crippen LogP contribution < -0.4 is 0 Å². The van der Waals surface area contributed by atoms with Crippen molar-refractivity contribution in [2.24, 2.45) is 35.5 Å². The number of rotatable bonds is 3. The van der Waals surface area contributed by atoms with Gasteiger partial charge in [-0.3, -0.25) is 0 Å². The lowest BCUT2D eigenvalue weighted by Crippen LogP contribution is -2.42. The Balaban J connectivity index is 1.63. The smallest absolute Gasteiger partial charge is 0.333 e. The van der Waals surface area contributed by atoms with Gasteiger partial charge < -0.3 is 4.74 Å². The van der Waals surface area contributed by atoms with Crippen molar-refractivity contribution in [3.8, 4) is 0 Å². The van der Waals surface area contributed by atoms with E-state index in [0.29, 0.717) is 11.5 Å². The van der Waals surface area contributed by atoms with Gasteiger partial charge in [0.15, 0.2) is 0 Å². The number of ether oxygens (including phenoxy) is 1. The molecule has 110 valence electrons. The predicted octanol–water partition coefficient (Wildman–Crippen LogP) is 3.96. The summed E-state index contributed by atoms with van der Waals surface area (Å²) in [4.78, 5) is 12.1. The van der Waals surface area contributed by atoms with Gasteiger partial charge in [0.1, 0.15) is 5.60 Å². The number of carbonyl (C=O) groups is 1. The molecule has 2 heteroatoms. The Kier molecular flexibility index (Phi) is 2.66. The molecule has 0 aromatic heterocycles. The van der Waals surface area contributed by atoms with Crippen LogP contribution in [0.1, 0.15) is 52.4 Å². The largest absolute Gasteiger partial charge is 0.455 e. The first-order valence-electron chi connectivity index (χ1n) is 8.44. The fourth-order valence-corrected chi connectivity index (χ4v) is 6.49. The zero-order valence-corrected chi connectivity index (χ0v) is 12.7. The molecule has 4 rings (SSSR count). The summed E-state index contributed by atoms with van der Waals surface area (Å²) in [6.07, 6.45) is 7.82. The Morgan fingerprint density at radius 3 is 2.70 bits per heavy atom. The van der Waals surface area contributed by atoms with Crippen LogP contribution in [-0.2, 0) is 9.53 Å². The highest BCUT2D eigenvalue weighted by Crippen LogP contribution is 2.70. The van der Waals surface area contributed by atoms with E-state index in [0.717, 1.165) is 42.4 Å². The Morgan fingerprint density at radius 1 is 1.25 bits per heavy atom. The first-order chi connectivity index (χ1) is 9.55. The number of hydrogen-bond donors (Lipinski definition) is 0. The predicted molar refractivity (Wildman–Crippen MR) is 78.0 cm³/mol. The Bertz CT molecular complexity index is 468. The van der Waals surface area contributed by atoms with Crippen molar-refractivity contribution < 1.29 is 9.53 Å². The van der Waals surface area contributed by atoms with Gasteiger partial charge in [0.05, 0.1) is 0 Å². The van der Waals surface area contributed by atoms with E-state index < -0.39 is 0 Å². The monoisotopic (exact) mass is 274 g/mol. The van der Waals surface area contributed by atoms with Crippen molar-refractivity contribution in [2.75, 3.05) is 0 Å². The Labute approximate surface area is 122 Å². The van der Waals surface area contributed by atoms with Crippen molar-refractivity contribution in [1.82, 2.24) is 0 Å². The molecule has 4 aliphatic carbocycles. The molecular weight excluding hydrogens is 248 g/mol. The minimum absolute atomic E-state index is 0.160. The molecule has 0 spiro atoms. The highest BCUT2D eigenvalue weighted by atomic mass is 16.6. The Hall–Kier alpha value is -0.790. The second-order valence-corrected chi connectivity index (χ2v) is 7.87. The minimum atomic E-state index is -0.167. The fourth-order valence-electron chi connectivity index (χ4n) is 6.49. The third-order valence-corrected chi connectivity index (χ3v) is 7.20. The summed E-state index contributed by atoms with van der Waals surface area (Å²) in [5.74, 6) is 5.07. The van der Waals surface area contributed by atoms with Crippen molar-refractivity contribution in [1.29, 1.82) is 0 Å². The molecule has 4 saturated carbocycles. The van der Waals surface area contributed by atoms with Crippen LogP contribution in [0.3, 0.4) is 0 Å². The maximum Gasteiger partial charge on any atom is 0.333 e. The Morgan fingerprint density at radius 2 is 2.00 bits per heavy atom. The van der Waals surface area contributed by atoms with E-state index in [-0.39, 0.29) is 11.6 Å². The average molecular weight is 274 g/mol. The lowest BCUT2D eigenvalue weighted by molar-refractivity contribution is -0.163. The van der Waals surface area contributed by atoms with Gasteiger partial charge in [-0.1, -0.05) is 13.5 Å². The molecule has 0 aliphatic heterocycles. The first kappa shape index (κ1) is 12.9. The van der Waals surface area contributed by atoms with Crippen molar-refractivity contribution >= 4 is 5.97 Å². The van der Waals surface area contributed by atoms with Gasteiger partial charge in [-0.2, -0.15) is 0 Å². The molecule has 0 aromatic rings. The van der Waals surface area contributed by atoms with Gasteiger partial charge in [-0.05, 0) is 75.0 Å². The summed E-state index contributed by atoms with van der Waals surface area (Å²) in [5.41, 5.74) is 0.386. The van der Waals surface area contributed by atoms with Crippen LogP contribution in [0, 0.1) is 35.5 Å². The topological polar surface area (TPSA) is 26.3 Å². The SMILES string of the molecule is C=C(C)C(=O)OC1(CC)CC2C3CC1C2C1CCC3C1. The van der Waals surface area contributed by atoms with Gasteiger partial charge in [0, 0.05) is 11.5 Å². The molecule has 0 aromatic carbocycles. The van der Waals surface area contributed by atoms with Crippen molar-refractivity contribution in [3.05, 3.63) is 12.2 Å². The van der Waals surface area contributed by atoms with E-state index >= 15 is 0 Å². The molecule has 0 saturated heterocycles. The van der Waals surface area contributed by atoms with E-state index in [9.17, 15) is 4.79 Å². The molecular formula is C18H26O2. The molecule has 7 unspecified atom stereocenters. The second-order valence-electron chi connectivity index (χ2n) is 7.87. The highest BCUT2D eigenvalue weighted by molar-refractivity contribution is 5.87. The van der Waals surface area contributed by atoms with Crippen LogP contribution >= 0.6 is 0 Å². The normalized spacial score (nSPS) is 51.3. The van der Waals surface area contributed by atoms with E-state index in [1.807, 2.05) is 0 Å². The molecule has 4 aliphatic rings. The van der Waals surface area contributed by atoms with Crippen LogP contribution in [0.5, 0.6) is 0 Å². The fraction of sp³-hybridized carbons (Fsp3) is 0.833. The zero-order valence-electron chi connectivity index (χ0n) is 12.7. The summed E-state index contributed by atoms with van der Waals surface area (Å²) in [5, 5.41) is 0. The summed E-state index contributed by atoms with van der Waals surface area (Å²) in [6.45, 7) is 7.72. The van der Waals surface area contributed by atoms with E-state index in [1.54, 1.807) is 6.92 Å². The zero-order chi connectivity index (χ0) is 14.1. The summed E-state index contributed by atoms with van der Waals surface area (Å²) >= 11 is 0. The van der Waals surface area contributed by atoms with E-state index in [1.165, 1.54) is 25.7 Å². The van der Waals surface area contributed by atoms with Gasteiger partial charge >= 0.3 is 5.97 Å². The molecule has 20 heavy (non-hydrogen) atoms.